The zero-order valence-corrected chi connectivity index (χ0v) is 18.8. The van der Waals surface area contributed by atoms with Gasteiger partial charge in [-0.05, 0) is 30.5 Å². The highest BCUT2D eigenvalue weighted by Gasteiger charge is 2.19. The second-order valence-corrected chi connectivity index (χ2v) is 9.89. The standard InChI is InChI=1S/C22H23N3O4S2/c1-15(26)23-13-5-6-16-9-11-17(12-10-16)19-14-30-22(24-19)25-21(27)18-7-3-4-8-20(18)31(2,28)29/h3-4,7-12,14H,5-6,13H2,1-2H3,(H,23,26)(H,24,25,27). The van der Waals surface area contributed by atoms with Gasteiger partial charge in [-0.25, -0.2) is 13.4 Å². The van der Waals surface area contributed by atoms with Crippen molar-refractivity contribution in [1.29, 1.82) is 0 Å². The Labute approximate surface area is 185 Å². The van der Waals surface area contributed by atoms with Gasteiger partial charge in [0.1, 0.15) is 0 Å². The van der Waals surface area contributed by atoms with Crippen LogP contribution in [-0.2, 0) is 21.1 Å². The molecule has 162 valence electrons. The smallest absolute Gasteiger partial charge is 0.258 e. The van der Waals surface area contributed by atoms with Crippen molar-refractivity contribution in [2.45, 2.75) is 24.7 Å². The van der Waals surface area contributed by atoms with E-state index in [1.807, 2.05) is 29.6 Å². The molecule has 9 heteroatoms. The van der Waals surface area contributed by atoms with E-state index < -0.39 is 15.7 Å². The van der Waals surface area contributed by atoms with Crippen molar-refractivity contribution >= 4 is 38.1 Å². The Hall–Kier alpha value is -3.04. The first-order valence-corrected chi connectivity index (χ1v) is 12.4. The Morgan fingerprint density at radius 2 is 1.77 bits per heavy atom. The van der Waals surface area contributed by atoms with Crippen molar-refractivity contribution in [3.63, 3.8) is 0 Å². The normalized spacial score (nSPS) is 11.2. The van der Waals surface area contributed by atoms with Crippen LogP contribution in [0, 0.1) is 0 Å². The highest BCUT2D eigenvalue weighted by Crippen LogP contribution is 2.26. The molecule has 0 unspecified atom stereocenters. The summed E-state index contributed by atoms with van der Waals surface area (Å²) in [5.74, 6) is -0.543. The van der Waals surface area contributed by atoms with Crippen molar-refractivity contribution in [3.05, 3.63) is 65.0 Å². The molecule has 0 bridgehead atoms. The minimum atomic E-state index is -3.52. The summed E-state index contributed by atoms with van der Waals surface area (Å²) in [6.07, 6.45) is 2.80. The zero-order valence-electron chi connectivity index (χ0n) is 17.2. The number of nitrogens with zero attached hydrogens (tertiary/aromatic N) is 1. The third-order valence-electron chi connectivity index (χ3n) is 4.52. The van der Waals surface area contributed by atoms with Gasteiger partial charge < -0.3 is 5.32 Å². The maximum Gasteiger partial charge on any atom is 0.258 e. The van der Waals surface area contributed by atoms with Crippen molar-refractivity contribution in [2.75, 3.05) is 18.1 Å². The number of carbonyl (C=O) groups is 2. The predicted octanol–water partition coefficient (Wildman–Crippen LogP) is 3.53. The Morgan fingerprint density at radius 3 is 2.45 bits per heavy atom. The van der Waals surface area contributed by atoms with Gasteiger partial charge in [-0.3, -0.25) is 14.9 Å². The lowest BCUT2D eigenvalue weighted by molar-refractivity contribution is -0.118. The van der Waals surface area contributed by atoms with Gasteiger partial charge >= 0.3 is 0 Å². The largest absolute Gasteiger partial charge is 0.356 e. The van der Waals surface area contributed by atoms with E-state index >= 15 is 0 Å². The topological polar surface area (TPSA) is 105 Å². The minimum Gasteiger partial charge on any atom is -0.356 e. The number of sulfone groups is 1. The molecule has 0 radical (unpaired) electrons. The van der Waals surface area contributed by atoms with Crippen LogP contribution in [0.4, 0.5) is 5.13 Å². The molecule has 2 N–H and O–H groups in total. The average Bonchev–Trinajstić information content (AvgIpc) is 3.19. The van der Waals surface area contributed by atoms with E-state index in [4.69, 9.17) is 0 Å². The first kappa shape index (κ1) is 22.6. The van der Waals surface area contributed by atoms with Gasteiger partial charge in [0, 0.05) is 30.7 Å². The van der Waals surface area contributed by atoms with Crippen LogP contribution in [0.5, 0.6) is 0 Å². The van der Waals surface area contributed by atoms with Gasteiger partial charge in [0.25, 0.3) is 5.91 Å². The van der Waals surface area contributed by atoms with E-state index in [0.717, 1.165) is 35.9 Å². The Balaban J connectivity index is 1.66. The first-order valence-electron chi connectivity index (χ1n) is 9.64. The molecule has 0 saturated heterocycles. The minimum absolute atomic E-state index is 0.0154. The van der Waals surface area contributed by atoms with Gasteiger partial charge in [-0.15, -0.1) is 11.3 Å². The molecular weight excluding hydrogens is 434 g/mol. The Bertz CT molecular complexity index is 1190. The molecule has 0 fully saturated rings. The number of hydrogen-bond acceptors (Lipinski definition) is 6. The number of nitrogens with one attached hydrogen (secondary N) is 2. The molecular formula is C22H23N3O4S2. The average molecular weight is 458 g/mol. The third-order valence-corrected chi connectivity index (χ3v) is 6.43. The monoisotopic (exact) mass is 457 g/mol. The number of benzene rings is 2. The van der Waals surface area contributed by atoms with E-state index in [-0.39, 0.29) is 16.4 Å². The predicted molar refractivity (Wildman–Crippen MR) is 122 cm³/mol. The number of aryl methyl sites for hydroxylation is 1. The van der Waals surface area contributed by atoms with Crippen LogP contribution in [0.15, 0.2) is 58.8 Å². The summed E-state index contributed by atoms with van der Waals surface area (Å²) >= 11 is 1.27. The lowest BCUT2D eigenvalue weighted by atomic mass is 10.1. The Kier molecular flexibility index (Phi) is 7.19. The zero-order chi connectivity index (χ0) is 22.4. The van der Waals surface area contributed by atoms with E-state index in [2.05, 4.69) is 15.6 Å². The van der Waals surface area contributed by atoms with Crippen LogP contribution in [0.3, 0.4) is 0 Å². The van der Waals surface area contributed by atoms with Crippen LogP contribution in [0.2, 0.25) is 0 Å². The lowest BCUT2D eigenvalue weighted by Crippen LogP contribution is -2.21. The molecule has 0 atom stereocenters. The summed E-state index contributed by atoms with van der Waals surface area (Å²) in [5, 5.41) is 7.69. The number of hydrogen-bond donors (Lipinski definition) is 2. The highest BCUT2D eigenvalue weighted by molar-refractivity contribution is 7.90. The maximum atomic E-state index is 12.6. The first-order chi connectivity index (χ1) is 14.7. The fraction of sp³-hybridized carbons (Fsp3) is 0.227. The fourth-order valence-corrected chi connectivity index (χ4v) is 4.61. The van der Waals surface area contributed by atoms with E-state index in [0.29, 0.717) is 11.7 Å². The molecule has 0 saturated carbocycles. The summed E-state index contributed by atoms with van der Waals surface area (Å²) in [6, 6.07) is 14.1. The molecule has 7 nitrogen and oxygen atoms in total. The van der Waals surface area contributed by atoms with Gasteiger partial charge in [0.2, 0.25) is 5.91 Å². The van der Waals surface area contributed by atoms with Crippen molar-refractivity contribution in [3.8, 4) is 11.3 Å². The molecule has 1 heterocycles. The molecule has 3 aromatic rings. The number of rotatable bonds is 8. The molecule has 1 aromatic heterocycles. The highest BCUT2D eigenvalue weighted by atomic mass is 32.2. The van der Waals surface area contributed by atoms with Crippen molar-refractivity contribution < 1.29 is 18.0 Å². The molecule has 31 heavy (non-hydrogen) atoms. The van der Waals surface area contributed by atoms with E-state index in [1.165, 1.54) is 30.4 Å². The van der Waals surface area contributed by atoms with Gasteiger partial charge in [-0.1, -0.05) is 36.4 Å². The van der Waals surface area contributed by atoms with Gasteiger partial charge in [0.15, 0.2) is 15.0 Å². The Morgan fingerprint density at radius 1 is 1.06 bits per heavy atom. The molecule has 0 aliphatic heterocycles. The quantitative estimate of drug-likeness (QED) is 0.504. The molecule has 2 amide bonds. The van der Waals surface area contributed by atoms with Crippen LogP contribution in [0.25, 0.3) is 11.3 Å². The summed E-state index contributed by atoms with van der Waals surface area (Å²) in [4.78, 5) is 27.9. The van der Waals surface area contributed by atoms with E-state index in [1.54, 1.807) is 12.1 Å². The van der Waals surface area contributed by atoms with Crippen LogP contribution >= 0.6 is 11.3 Å². The maximum absolute atomic E-state index is 12.6. The fourth-order valence-electron chi connectivity index (χ4n) is 3.00. The van der Waals surface area contributed by atoms with Crippen LogP contribution in [0.1, 0.15) is 29.3 Å². The summed E-state index contributed by atoms with van der Waals surface area (Å²) in [7, 11) is -3.52. The van der Waals surface area contributed by atoms with Crippen molar-refractivity contribution in [1.82, 2.24) is 10.3 Å². The number of aromatic nitrogens is 1. The number of amides is 2. The number of thiazole rings is 1. The SMILES string of the molecule is CC(=O)NCCCc1ccc(-c2csc(NC(=O)c3ccccc3S(C)(=O)=O)n2)cc1. The van der Waals surface area contributed by atoms with Gasteiger partial charge in [-0.2, -0.15) is 0 Å². The van der Waals surface area contributed by atoms with Gasteiger partial charge in [0.05, 0.1) is 16.2 Å². The van der Waals surface area contributed by atoms with Crippen LogP contribution < -0.4 is 10.6 Å². The van der Waals surface area contributed by atoms with E-state index in [9.17, 15) is 18.0 Å². The molecule has 0 aliphatic rings. The summed E-state index contributed by atoms with van der Waals surface area (Å²) in [6.45, 7) is 2.15. The van der Waals surface area contributed by atoms with Crippen LogP contribution in [-0.4, -0.2) is 38.0 Å². The second kappa shape index (κ2) is 9.84. The molecule has 3 rings (SSSR count). The molecule has 0 spiro atoms. The molecule has 0 aliphatic carbocycles. The third kappa shape index (κ3) is 6.22. The summed E-state index contributed by atoms with van der Waals surface area (Å²) in [5.41, 5.74) is 2.89. The summed E-state index contributed by atoms with van der Waals surface area (Å²) < 4.78 is 23.9. The number of carbonyl (C=O) groups excluding carboxylic acids is 2. The molecule has 2 aromatic carbocycles. The second-order valence-electron chi connectivity index (χ2n) is 7.04. The lowest BCUT2D eigenvalue weighted by Gasteiger charge is -2.07. The number of anilines is 1. The van der Waals surface area contributed by atoms with Crippen molar-refractivity contribution in [2.24, 2.45) is 0 Å².